The van der Waals surface area contributed by atoms with Gasteiger partial charge in [0.1, 0.15) is 5.75 Å². The quantitative estimate of drug-likeness (QED) is 0.677. The molecule has 1 saturated heterocycles. The standard InChI is InChI=1S/C20H20BrNO5/c1-25-15-7-8-17(21)16(13-15)20(24)27-18(14-5-3-2-4-6-14)19(23)22-9-11-26-12-10-22/h2-8,13,18H,9-12H2,1H3/t18-/m0/s1. The van der Waals surface area contributed by atoms with Gasteiger partial charge in [-0.15, -0.1) is 0 Å². The van der Waals surface area contributed by atoms with Gasteiger partial charge in [0.25, 0.3) is 5.91 Å². The zero-order valence-electron chi connectivity index (χ0n) is 14.9. The van der Waals surface area contributed by atoms with Crippen LogP contribution in [0.5, 0.6) is 5.75 Å². The van der Waals surface area contributed by atoms with Crippen LogP contribution in [-0.2, 0) is 14.3 Å². The fraction of sp³-hybridized carbons (Fsp3) is 0.300. The van der Waals surface area contributed by atoms with Gasteiger partial charge in [-0.25, -0.2) is 4.79 Å². The normalized spacial score (nSPS) is 15.1. The molecule has 1 aliphatic heterocycles. The first-order chi connectivity index (χ1) is 13.1. The Morgan fingerprint density at radius 2 is 1.81 bits per heavy atom. The molecule has 1 aliphatic rings. The Balaban J connectivity index is 1.87. The van der Waals surface area contributed by atoms with E-state index in [2.05, 4.69) is 15.9 Å². The predicted octanol–water partition coefficient (Wildman–Crippen LogP) is 3.21. The second-order valence-electron chi connectivity index (χ2n) is 5.98. The van der Waals surface area contributed by atoms with Crippen molar-refractivity contribution in [3.8, 4) is 5.75 Å². The molecule has 1 amide bonds. The number of carbonyl (C=O) groups is 2. The van der Waals surface area contributed by atoms with Crippen molar-refractivity contribution in [2.24, 2.45) is 0 Å². The summed E-state index contributed by atoms with van der Waals surface area (Å²) in [6.45, 7) is 1.90. The first kappa shape index (κ1) is 19.4. The molecule has 142 valence electrons. The number of esters is 1. The number of amides is 1. The topological polar surface area (TPSA) is 65.1 Å². The highest BCUT2D eigenvalue weighted by Crippen LogP contribution is 2.27. The summed E-state index contributed by atoms with van der Waals surface area (Å²) >= 11 is 3.35. The van der Waals surface area contributed by atoms with Crippen LogP contribution in [0.2, 0.25) is 0 Å². The maximum Gasteiger partial charge on any atom is 0.340 e. The van der Waals surface area contributed by atoms with Gasteiger partial charge in [0, 0.05) is 23.1 Å². The lowest BCUT2D eigenvalue weighted by atomic mass is 10.1. The second kappa shape index (κ2) is 9.01. The van der Waals surface area contributed by atoms with E-state index >= 15 is 0 Å². The van der Waals surface area contributed by atoms with E-state index in [1.54, 1.807) is 35.2 Å². The van der Waals surface area contributed by atoms with E-state index in [0.29, 0.717) is 47.7 Å². The minimum atomic E-state index is -1.02. The molecule has 2 aromatic rings. The number of benzene rings is 2. The van der Waals surface area contributed by atoms with Crippen LogP contribution in [-0.4, -0.2) is 50.2 Å². The molecule has 1 fully saturated rings. The molecule has 6 nitrogen and oxygen atoms in total. The number of methoxy groups -OCH3 is 1. The van der Waals surface area contributed by atoms with E-state index in [4.69, 9.17) is 14.2 Å². The molecular weight excluding hydrogens is 414 g/mol. The Kier molecular flexibility index (Phi) is 6.47. The molecule has 7 heteroatoms. The van der Waals surface area contributed by atoms with Gasteiger partial charge in [0.15, 0.2) is 0 Å². The van der Waals surface area contributed by atoms with E-state index in [-0.39, 0.29) is 5.91 Å². The number of morpholine rings is 1. The minimum absolute atomic E-state index is 0.253. The Morgan fingerprint density at radius 1 is 1.11 bits per heavy atom. The highest BCUT2D eigenvalue weighted by Gasteiger charge is 2.31. The van der Waals surface area contributed by atoms with Crippen molar-refractivity contribution in [2.45, 2.75) is 6.10 Å². The van der Waals surface area contributed by atoms with Gasteiger partial charge >= 0.3 is 5.97 Å². The fourth-order valence-electron chi connectivity index (χ4n) is 2.80. The Labute approximate surface area is 166 Å². The lowest BCUT2D eigenvalue weighted by Gasteiger charge is -2.30. The van der Waals surface area contributed by atoms with Gasteiger partial charge in [-0.3, -0.25) is 4.79 Å². The zero-order chi connectivity index (χ0) is 19.2. The average Bonchev–Trinajstić information content (AvgIpc) is 2.73. The van der Waals surface area contributed by atoms with Gasteiger partial charge in [-0.2, -0.15) is 0 Å². The van der Waals surface area contributed by atoms with Crippen molar-refractivity contribution in [3.05, 3.63) is 64.1 Å². The molecule has 27 heavy (non-hydrogen) atoms. The number of hydrogen-bond donors (Lipinski definition) is 0. The molecule has 3 rings (SSSR count). The highest BCUT2D eigenvalue weighted by atomic mass is 79.9. The predicted molar refractivity (Wildman–Crippen MR) is 103 cm³/mol. The summed E-state index contributed by atoms with van der Waals surface area (Å²) in [6, 6.07) is 14.0. The van der Waals surface area contributed by atoms with E-state index in [1.165, 1.54) is 7.11 Å². The molecule has 0 aromatic heterocycles. The zero-order valence-corrected chi connectivity index (χ0v) is 16.5. The molecule has 0 spiro atoms. The molecule has 1 atom stereocenters. The third-order valence-electron chi connectivity index (χ3n) is 4.27. The molecule has 0 radical (unpaired) electrons. The van der Waals surface area contributed by atoms with Crippen LogP contribution in [0.4, 0.5) is 0 Å². The van der Waals surface area contributed by atoms with Gasteiger partial charge < -0.3 is 19.1 Å². The SMILES string of the molecule is COc1ccc(Br)c(C(=O)O[C@H](C(=O)N2CCOCC2)c2ccccc2)c1. The van der Waals surface area contributed by atoms with E-state index in [9.17, 15) is 9.59 Å². The summed E-state index contributed by atoms with van der Waals surface area (Å²) in [7, 11) is 1.52. The summed E-state index contributed by atoms with van der Waals surface area (Å²) in [5, 5.41) is 0. The van der Waals surface area contributed by atoms with Crippen LogP contribution in [0.25, 0.3) is 0 Å². The van der Waals surface area contributed by atoms with Crippen molar-refractivity contribution in [1.82, 2.24) is 4.90 Å². The number of ether oxygens (including phenoxy) is 3. The van der Waals surface area contributed by atoms with Gasteiger partial charge in [0.2, 0.25) is 6.10 Å². The average molecular weight is 434 g/mol. The summed E-state index contributed by atoms with van der Waals surface area (Å²) < 4.78 is 16.7. The molecule has 0 saturated carbocycles. The number of nitrogens with zero attached hydrogens (tertiary/aromatic N) is 1. The number of rotatable bonds is 5. The lowest BCUT2D eigenvalue weighted by molar-refractivity contribution is -0.145. The summed E-state index contributed by atoms with van der Waals surface area (Å²) in [5.41, 5.74) is 0.923. The van der Waals surface area contributed by atoms with Crippen LogP contribution in [0.3, 0.4) is 0 Å². The van der Waals surface area contributed by atoms with Crippen LogP contribution in [0.15, 0.2) is 53.0 Å². The lowest BCUT2D eigenvalue weighted by Crippen LogP contribution is -2.44. The maximum atomic E-state index is 13.0. The van der Waals surface area contributed by atoms with Gasteiger partial charge in [-0.05, 0) is 34.1 Å². The summed E-state index contributed by atoms with van der Waals surface area (Å²) in [6.07, 6.45) is -1.02. The minimum Gasteiger partial charge on any atom is -0.497 e. The van der Waals surface area contributed by atoms with Gasteiger partial charge in [0.05, 0.1) is 25.9 Å². The first-order valence-corrected chi connectivity index (χ1v) is 9.35. The number of halogens is 1. The maximum absolute atomic E-state index is 13.0. The summed E-state index contributed by atoms with van der Waals surface area (Å²) in [5.74, 6) is -0.325. The molecule has 1 heterocycles. The van der Waals surface area contributed by atoms with Crippen LogP contribution in [0, 0.1) is 0 Å². The smallest absolute Gasteiger partial charge is 0.340 e. The molecule has 0 aliphatic carbocycles. The monoisotopic (exact) mass is 433 g/mol. The third-order valence-corrected chi connectivity index (χ3v) is 4.96. The highest BCUT2D eigenvalue weighted by molar-refractivity contribution is 9.10. The first-order valence-electron chi connectivity index (χ1n) is 8.56. The van der Waals surface area contributed by atoms with Crippen LogP contribution >= 0.6 is 15.9 Å². The largest absolute Gasteiger partial charge is 0.497 e. The third kappa shape index (κ3) is 4.67. The number of hydrogen-bond acceptors (Lipinski definition) is 5. The van der Waals surface area contributed by atoms with E-state index < -0.39 is 12.1 Å². The van der Waals surface area contributed by atoms with Gasteiger partial charge in [-0.1, -0.05) is 30.3 Å². The van der Waals surface area contributed by atoms with Crippen LogP contribution < -0.4 is 4.74 Å². The van der Waals surface area contributed by atoms with Crippen molar-refractivity contribution < 1.29 is 23.8 Å². The van der Waals surface area contributed by atoms with Crippen molar-refractivity contribution in [1.29, 1.82) is 0 Å². The Hall–Kier alpha value is -2.38. The van der Waals surface area contributed by atoms with Crippen molar-refractivity contribution in [3.63, 3.8) is 0 Å². The molecule has 0 unspecified atom stereocenters. The molecule has 2 aromatic carbocycles. The Morgan fingerprint density at radius 3 is 2.48 bits per heavy atom. The number of carbonyl (C=O) groups excluding carboxylic acids is 2. The second-order valence-corrected chi connectivity index (χ2v) is 6.83. The molecule has 0 N–H and O–H groups in total. The Bertz CT molecular complexity index is 805. The van der Waals surface area contributed by atoms with E-state index in [1.807, 2.05) is 18.2 Å². The fourth-order valence-corrected chi connectivity index (χ4v) is 3.21. The van der Waals surface area contributed by atoms with Crippen LogP contribution in [0.1, 0.15) is 22.0 Å². The van der Waals surface area contributed by atoms with Crippen molar-refractivity contribution in [2.75, 3.05) is 33.4 Å². The summed E-state index contributed by atoms with van der Waals surface area (Å²) in [4.78, 5) is 27.5. The van der Waals surface area contributed by atoms with E-state index in [0.717, 1.165) is 0 Å². The molecule has 0 bridgehead atoms. The van der Waals surface area contributed by atoms with Crippen molar-refractivity contribution >= 4 is 27.8 Å². The molecular formula is C20H20BrNO5.